The number of aromatic nitrogens is 2. The van der Waals surface area contributed by atoms with Gasteiger partial charge in [-0.3, -0.25) is 9.89 Å². The molecule has 4 N–H and O–H groups in total. The summed E-state index contributed by atoms with van der Waals surface area (Å²) in [4.78, 5) is 14.0. The number of halogens is 4. The summed E-state index contributed by atoms with van der Waals surface area (Å²) in [5.41, 5.74) is 5.91. The predicted molar refractivity (Wildman–Crippen MR) is 90.4 cm³/mol. The smallest absolute Gasteiger partial charge is 0.399 e. The second-order valence-corrected chi connectivity index (χ2v) is 6.11. The number of alkyl halides is 3. The van der Waals surface area contributed by atoms with Gasteiger partial charge in [-0.1, -0.05) is 17.7 Å². The Balaban J connectivity index is 1.79. The largest absolute Gasteiger partial charge is 0.417 e. The summed E-state index contributed by atoms with van der Waals surface area (Å²) < 4.78 is 38.9. The van der Waals surface area contributed by atoms with E-state index < -0.39 is 22.7 Å². The number of nitrogens with zero attached hydrogens (tertiary/aromatic N) is 2. The van der Waals surface area contributed by atoms with Gasteiger partial charge in [0, 0.05) is 36.6 Å². The lowest BCUT2D eigenvalue weighted by Gasteiger charge is -2.30. The number of aromatic amines is 1. The number of anilines is 1. The first-order chi connectivity index (χ1) is 12.3. The minimum atomic E-state index is -4.63. The van der Waals surface area contributed by atoms with Crippen LogP contribution in [0.5, 0.6) is 0 Å². The molecule has 0 radical (unpaired) electrons. The van der Waals surface area contributed by atoms with Crippen molar-refractivity contribution in [3.05, 3.63) is 58.0 Å². The van der Waals surface area contributed by atoms with Crippen LogP contribution in [0, 0.1) is 0 Å². The van der Waals surface area contributed by atoms with Gasteiger partial charge in [-0.2, -0.15) is 18.3 Å². The molecule has 1 aromatic heterocycles. The van der Waals surface area contributed by atoms with Crippen molar-refractivity contribution in [1.29, 1.82) is 0 Å². The van der Waals surface area contributed by atoms with E-state index in [1.165, 1.54) is 11.0 Å². The summed E-state index contributed by atoms with van der Waals surface area (Å²) in [7, 11) is 0. The first kappa shape index (κ1) is 18.1. The third-order valence-electron chi connectivity index (χ3n) is 3.98. The molecule has 0 saturated heterocycles. The van der Waals surface area contributed by atoms with Gasteiger partial charge in [0.1, 0.15) is 0 Å². The number of benzene rings is 1. The van der Waals surface area contributed by atoms with Crippen molar-refractivity contribution >= 4 is 23.3 Å². The molecule has 1 amide bonds. The normalized spacial score (nSPS) is 15.3. The van der Waals surface area contributed by atoms with E-state index in [-0.39, 0.29) is 12.1 Å². The van der Waals surface area contributed by atoms with E-state index in [0.717, 1.165) is 17.8 Å². The summed E-state index contributed by atoms with van der Waals surface area (Å²) in [6.45, 7) is 0.372. The number of rotatable bonds is 3. The highest BCUT2D eigenvalue weighted by Gasteiger charge is 2.35. The Morgan fingerprint density at radius 2 is 2.12 bits per heavy atom. The van der Waals surface area contributed by atoms with E-state index in [2.05, 4.69) is 15.5 Å². The second-order valence-electron chi connectivity index (χ2n) is 5.73. The van der Waals surface area contributed by atoms with Gasteiger partial charge >= 0.3 is 6.18 Å². The molecule has 0 bridgehead atoms. The highest BCUT2D eigenvalue weighted by atomic mass is 35.5. The monoisotopic (exact) mass is 385 g/mol. The average Bonchev–Trinajstić information content (AvgIpc) is 3.08. The number of nitrogens with two attached hydrogens (primary N) is 1. The Bertz CT molecular complexity index is 848. The minimum absolute atomic E-state index is 0.0815. The van der Waals surface area contributed by atoms with Gasteiger partial charge in [-0.15, -0.1) is 0 Å². The molecule has 2 heterocycles. The van der Waals surface area contributed by atoms with Crippen LogP contribution in [0.3, 0.4) is 0 Å². The van der Waals surface area contributed by atoms with Crippen molar-refractivity contribution in [1.82, 2.24) is 15.1 Å². The number of hydrogen-bond acceptors (Lipinski definition) is 4. The minimum Gasteiger partial charge on any atom is -0.399 e. The molecule has 1 aliphatic heterocycles. The third kappa shape index (κ3) is 3.62. The average molecular weight is 386 g/mol. The fourth-order valence-electron chi connectivity index (χ4n) is 2.67. The van der Waals surface area contributed by atoms with Crippen LogP contribution >= 0.6 is 11.6 Å². The summed E-state index contributed by atoms with van der Waals surface area (Å²) in [6, 6.07) is 5.00. The van der Waals surface area contributed by atoms with Crippen molar-refractivity contribution in [3.8, 4) is 0 Å². The molecule has 0 aliphatic carbocycles. The first-order valence-corrected chi connectivity index (χ1v) is 8.04. The molecular formula is C16H15ClF3N5O. The summed E-state index contributed by atoms with van der Waals surface area (Å²) in [6.07, 6.45) is -2.57. The van der Waals surface area contributed by atoms with Crippen LogP contribution in [0.1, 0.15) is 22.3 Å². The van der Waals surface area contributed by atoms with Crippen LogP contribution in [0.2, 0.25) is 5.02 Å². The Morgan fingerprint density at radius 3 is 2.73 bits per heavy atom. The van der Waals surface area contributed by atoms with Crippen molar-refractivity contribution in [2.75, 3.05) is 18.4 Å². The summed E-state index contributed by atoms with van der Waals surface area (Å²) in [5.74, 6) is -0.00785. The van der Waals surface area contributed by atoms with Gasteiger partial charge in [-0.25, -0.2) is 0 Å². The number of H-pyrrole nitrogens is 1. The van der Waals surface area contributed by atoms with E-state index in [9.17, 15) is 18.0 Å². The van der Waals surface area contributed by atoms with E-state index in [1.54, 1.807) is 12.3 Å². The molecule has 0 spiro atoms. The van der Waals surface area contributed by atoms with Crippen molar-refractivity contribution in [2.24, 2.45) is 5.73 Å². The van der Waals surface area contributed by atoms with E-state index >= 15 is 0 Å². The fraction of sp³-hybridized carbons (Fsp3) is 0.250. The number of nitrogens with one attached hydrogen (secondary N) is 2. The van der Waals surface area contributed by atoms with Crippen LogP contribution in [0.4, 0.5) is 19.0 Å². The number of carbonyl (C=O) groups excluding carboxylic acids is 1. The Kier molecular flexibility index (Phi) is 4.82. The standard InChI is InChI=1S/C16H15ClF3N5O/c17-14-9(2-1-3-10(14)16(18,19)20)15(26)25-7-5-12(11(21)8-25)23-13-4-6-22-24-13/h1-4,6H,5,7-8,21H2,(H2,22,23,24). The van der Waals surface area contributed by atoms with Crippen molar-refractivity contribution in [3.63, 3.8) is 0 Å². The highest BCUT2D eigenvalue weighted by molar-refractivity contribution is 6.34. The van der Waals surface area contributed by atoms with Crippen molar-refractivity contribution < 1.29 is 18.0 Å². The van der Waals surface area contributed by atoms with Gasteiger partial charge in [0.05, 0.1) is 22.7 Å². The van der Waals surface area contributed by atoms with Crippen LogP contribution in [0.25, 0.3) is 0 Å². The molecule has 6 nitrogen and oxygen atoms in total. The Labute approximate surface area is 151 Å². The summed E-state index contributed by atoms with van der Waals surface area (Å²) in [5, 5.41) is 9.07. The number of amides is 1. The zero-order valence-electron chi connectivity index (χ0n) is 13.4. The van der Waals surface area contributed by atoms with E-state index in [0.29, 0.717) is 24.5 Å². The third-order valence-corrected chi connectivity index (χ3v) is 4.39. The van der Waals surface area contributed by atoms with Crippen LogP contribution in [0.15, 0.2) is 41.9 Å². The van der Waals surface area contributed by atoms with E-state index in [4.69, 9.17) is 17.3 Å². The molecule has 0 atom stereocenters. The van der Waals surface area contributed by atoms with Gasteiger partial charge in [0.25, 0.3) is 5.91 Å². The maximum atomic E-state index is 13.0. The molecular weight excluding hydrogens is 371 g/mol. The molecule has 138 valence electrons. The maximum absolute atomic E-state index is 13.0. The van der Waals surface area contributed by atoms with Gasteiger partial charge in [0.15, 0.2) is 5.82 Å². The molecule has 1 aromatic carbocycles. The molecule has 10 heteroatoms. The lowest BCUT2D eigenvalue weighted by Crippen LogP contribution is -2.40. The zero-order chi connectivity index (χ0) is 18.9. The Morgan fingerprint density at radius 1 is 1.35 bits per heavy atom. The van der Waals surface area contributed by atoms with Crippen LogP contribution in [-0.4, -0.2) is 34.1 Å². The molecule has 0 saturated carbocycles. The SMILES string of the molecule is NC1=C(Nc2cc[nH]n2)CCN(C(=O)c2cccc(C(F)(F)F)c2Cl)C1. The van der Waals surface area contributed by atoms with Gasteiger partial charge in [0.2, 0.25) is 0 Å². The fourth-order valence-corrected chi connectivity index (χ4v) is 2.99. The van der Waals surface area contributed by atoms with Crippen LogP contribution in [-0.2, 0) is 6.18 Å². The molecule has 26 heavy (non-hydrogen) atoms. The van der Waals surface area contributed by atoms with E-state index in [1.807, 2.05) is 0 Å². The lowest BCUT2D eigenvalue weighted by molar-refractivity contribution is -0.137. The van der Waals surface area contributed by atoms with Gasteiger partial charge < -0.3 is 16.0 Å². The molecule has 1 aliphatic rings. The lowest BCUT2D eigenvalue weighted by atomic mass is 10.1. The first-order valence-electron chi connectivity index (χ1n) is 7.66. The molecule has 2 aromatic rings. The topological polar surface area (TPSA) is 87.0 Å². The summed E-state index contributed by atoms with van der Waals surface area (Å²) >= 11 is 5.83. The predicted octanol–water partition coefficient (Wildman–Crippen LogP) is 3.21. The quantitative estimate of drug-likeness (QED) is 0.757. The molecule has 0 fully saturated rings. The zero-order valence-corrected chi connectivity index (χ0v) is 14.2. The Hall–Kier alpha value is -2.68. The number of hydrogen-bond donors (Lipinski definition) is 3. The number of carbonyl (C=O) groups is 1. The highest BCUT2D eigenvalue weighted by Crippen LogP contribution is 2.36. The molecule has 0 unspecified atom stereocenters. The molecule has 3 rings (SSSR count). The van der Waals surface area contributed by atoms with Crippen LogP contribution < -0.4 is 11.1 Å². The van der Waals surface area contributed by atoms with Gasteiger partial charge in [-0.05, 0) is 12.1 Å². The second kappa shape index (κ2) is 6.91. The van der Waals surface area contributed by atoms with Crippen molar-refractivity contribution in [2.45, 2.75) is 12.6 Å². The maximum Gasteiger partial charge on any atom is 0.417 e.